The molecule has 0 aliphatic rings. The number of aliphatic carboxylic acids is 1. The van der Waals surface area contributed by atoms with Crippen LogP contribution in [0.4, 0.5) is 0 Å². The van der Waals surface area contributed by atoms with Gasteiger partial charge in [0.15, 0.2) is 0 Å². The molecule has 0 heterocycles. The van der Waals surface area contributed by atoms with E-state index in [1.54, 1.807) is 0 Å². The maximum Gasteiger partial charge on any atom is 0.317 e. The molecule has 2 aromatic carbocycles. The normalized spacial score (nSPS) is 10.7. The molecule has 2 N–H and O–H groups in total. The van der Waals surface area contributed by atoms with Gasteiger partial charge in [0.2, 0.25) is 0 Å². The van der Waals surface area contributed by atoms with Crippen LogP contribution in [0.25, 0.3) is 0 Å². The van der Waals surface area contributed by atoms with Crippen molar-refractivity contribution in [1.82, 2.24) is 5.32 Å². The predicted molar refractivity (Wildman–Crippen MR) is 79.8 cm³/mol. The van der Waals surface area contributed by atoms with Gasteiger partial charge in [-0.05, 0) is 24.1 Å². The zero-order valence-corrected chi connectivity index (χ0v) is 11.3. The topological polar surface area (TPSA) is 49.3 Å². The molecule has 2 rings (SSSR count). The fourth-order valence-corrected chi connectivity index (χ4v) is 2.34. The van der Waals surface area contributed by atoms with E-state index < -0.39 is 5.97 Å². The second-order valence-corrected chi connectivity index (χ2v) is 4.73. The second kappa shape index (κ2) is 7.46. The lowest BCUT2D eigenvalue weighted by atomic mass is 9.88. The fourth-order valence-electron chi connectivity index (χ4n) is 2.34. The lowest BCUT2D eigenvalue weighted by Crippen LogP contribution is -2.24. The van der Waals surface area contributed by atoms with E-state index in [2.05, 4.69) is 29.6 Å². The maximum atomic E-state index is 10.5. The van der Waals surface area contributed by atoms with E-state index in [-0.39, 0.29) is 6.54 Å². The van der Waals surface area contributed by atoms with Gasteiger partial charge in [-0.25, -0.2) is 0 Å². The summed E-state index contributed by atoms with van der Waals surface area (Å²) in [7, 11) is 0. The zero-order valence-electron chi connectivity index (χ0n) is 11.3. The Labute approximate surface area is 119 Å². The standard InChI is InChI=1S/C17H19NO2/c19-17(20)13-18-12-11-16(14-7-3-1-4-8-14)15-9-5-2-6-10-15/h1-10,16,18H,11-13H2,(H,19,20). The Bertz CT molecular complexity index is 486. The molecule has 104 valence electrons. The van der Waals surface area contributed by atoms with Crippen LogP contribution in [0.1, 0.15) is 23.5 Å². The van der Waals surface area contributed by atoms with Gasteiger partial charge < -0.3 is 10.4 Å². The van der Waals surface area contributed by atoms with Crippen LogP contribution in [0, 0.1) is 0 Å². The molecule has 0 aliphatic heterocycles. The Hall–Kier alpha value is -2.13. The van der Waals surface area contributed by atoms with Crippen LogP contribution < -0.4 is 5.32 Å². The molecule has 0 unspecified atom stereocenters. The van der Waals surface area contributed by atoms with Crippen LogP contribution in [0.3, 0.4) is 0 Å². The van der Waals surface area contributed by atoms with Crippen molar-refractivity contribution in [2.75, 3.05) is 13.1 Å². The van der Waals surface area contributed by atoms with Crippen LogP contribution >= 0.6 is 0 Å². The number of carboxylic acid groups (broad SMARTS) is 1. The van der Waals surface area contributed by atoms with Crippen LogP contribution in [0.15, 0.2) is 60.7 Å². The third-order valence-electron chi connectivity index (χ3n) is 3.29. The fraction of sp³-hybridized carbons (Fsp3) is 0.235. The molecule has 0 saturated heterocycles. The molecule has 0 aromatic heterocycles. The summed E-state index contributed by atoms with van der Waals surface area (Å²) in [6, 6.07) is 20.6. The second-order valence-electron chi connectivity index (χ2n) is 4.73. The molecule has 0 amide bonds. The first-order valence-electron chi connectivity index (χ1n) is 6.80. The van der Waals surface area contributed by atoms with Gasteiger partial charge in [0.25, 0.3) is 0 Å². The Morgan fingerprint density at radius 3 is 1.90 bits per heavy atom. The predicted octanol–water partition coefficient (Wildman–Crippen LogP) is 2.88. The molecule has 0 atom stereocenters. The summed E-state index contributed by atoms with van der Waals surface area (Å²) >= 11 is 0. The minimum absolute atomic E-state index is 0.0102. The molecule has 3 heteroatoms. The van der Waals surface area contributed by atoms with Gasteiger partial charge in [0.05, 0.1) is 6.54 Å². The number of carboxylic acids is 1. The van der Waals surface area contributed by atoms with Crippen molar-refractivity contribution in [3.63, 3.8) is 0 Å². The van der Waals surface area contributed by atoms with Crippen molar-refractivity contribution < 1.29 is 9.90 Å². The van der Waals surface area contributed by atoms with Crippen LogP contribution in [0.2, 0.25) is 0 Å². The Morgan fingerprint density at radius 2 is 1.45 bits per heavy atom. The molecule has 0 fully saturated rings. The largest absolute Gasteiger partial charge is 0.480 e. The van der Waals surface area contributed by atoms with Gasteiger partial charge in [0, 0.05) is 5.92 Å². The number of hydrogen-bond acceptors (Lipinski definition) is 2. The molecule has 0 saturated carbocycles. The minimum atomic E-state index is -0.819. The molecule has 0 radical (unpaired) electrons. The van der Waals surface area contributed by atoms with E-state index in [0.717, 1.165) is 6.42 Å². The van der Waals surface area contributed by atoms with Gasteiger partial charge in [-0.1, -0.05) is 60.7 Å². The Kier molecular flexibility index (Phi) is 5.33. The van der Waals surface area contributed by atoms with Crippen LogP contribution in [0.5, 0.6) is 0 Å². The molecule has 0 spiro atoms. The quantitative estimate of drug-likeness (QED) is 0.760. The van der Waals surface area contributed by atoms with E-state index in [9.17, 15) is 4.79 Å². The van der Waals surface area contributed by atoms with Gasteiger partial charge in [-0.2, -0.15) is 0 Å². The van der Waals surface area contributed by atoms with Gasteiger partial charge >= 0.3 is 5.97 Å². The number of nitrogens with one attached hydrogen (secondary N) is 1. The first kappa shape index (κ1) is 14.3. The summed E-state index contributed by atoms with van der Waals surface area (Å²) in [5.41, 5.74) is 2.52. The van der Waals surface area contributed by atoms with E-state index in [1.807, 2.05) is 36.4 Å². The number of carbonyl (C=O) groups is 1. The van der Waals surface area contributed by atoms with Crippen molar-refractivity contribution >= 4 is 5.97 Å². The molecular formula is C17H19NO2. The van der Waals surface area contributed by atoms with Crippen molar-refractivity contribution in [1.29, 1.82) is 0 Å². The smallest absolute Gasteiger partial charge is 0.317 e. The van der Waals surface area contributed by atoms with Gasteiger partial charge in [-0.15, -0.1) is 0 Å². The highest BCUT2D eigenvalue weighted by Gasteiger charge is 2.13. The van der Waals surface area contributed by atoms with Gasteiger partial charge in [-0.3, -0.25) is 4.79 Å². The lowest BCUT2D eigenvalue weighted by Gasteiger charge is -2.18. The molecule has 20 heavy (non-hydrogen) atoms. The van der Waals surface area contributed by atoms with E-state index in [1.165, 1.54) is 11.1 Å². The average Bonchev–Trinajstić information content (AvgIpc) is 2.49. The summed E-state index contributed by atoms with van der Waals surface area (Å²) in [6.07, 6.45) is 0.876. The SMILES string of the molecule is O=C(O)CNCCC(c1ccccc1)c1ccccc1. The Morgan fingerprint density at radius 1 is 0.950 bits per heavy atom. The van der Waals surface area contributed by atoms with Crippen LogP contribution in [-0.2, 0) is 4.79 Å². The van der Waals surface area contributed by atoms with Crippen molar-refractivity contribution in [2.24, 2.45) is 0 Å². The number of benzene rings is 2. The summed E-state index contributed by atoms with van der Waals surface area (Å²) in [4.78, 5) is 10.5. The molecule has 3 nitrogen and oxygen atoms in total. The van der Waals surface area contributed by atoms with Crippen LogP contribution in [-0.4, -0.2) is 24.2 Å². The number of rotatable bonds is 7. The molecule has 0 bridgehead atoms. The minimum Gasteiger partial charge on any atom is -0.480 e. The third kappa shape index (κ3) is 4.21. The lowest BCUT2D eigenvalue weighted by molar-refractivity contribution is -0.135. The molecular weight excluding hydrogens is 250 g/mol. The first-order valence-corrected chi connectivity index (χ1v) is 6.80. The van der Waals surface area contributed by atoms with E-state index in [4.69, 9.17) is 5.11 Å². The first-order chi connectivity index (χ1) is 9.77. The van der Waals surface area contributed by atoms with E-state index in [0.29, 0.717) is 12.5 Å². The molecule has 2 aromatic rings. The highest BCUT2D eigenvalue weighted by atomic mass is 16.4. The average molecular weight is 269 g/mol. The molecule has 0 aliphatic carbocycles. The van der Waals surface area contributed by atoms with E-state index >= 15 is 0 Å². The summed E-state index contributed by atoms with van der Waals surface area (Å²) in [6.45, 7) is 0.692. The van der Waals surface area contributed by atoms with Crippen molar-refractivity contribution in [3.05, 3.63) is 71.8 Å². The number of hydrogen-bond donors (Lipinski definition) is 2. The highest BCUT2D eigenvalue weighted by molar-refractivity contribution is 5.68. The van der Waals surface area contributed by atoms with Crippen molar-refractivity contribution in [2.45, 2.75) is 12.3 Å². The Balaban J connectivity index is 2.07. The summed E-state index contributed by atoms with van der Waals surface area (Å²) < 4.78 is 0. The summed E-state index contributed by atoms with van der Waals surface area (Å²) in [5, 5.41) is 11.6. The third-order valence-corrected chi connectivity index (χ3v) is 3.29. The van der Waals surface area contributed by atoms with Crippen molar-refractivity contribution in [3.8, 4) is 0 Å². The van der Waals surface area contributed by atoms with Gasteiger partial charge in [0.1, 0.15) is 0 Å². The summed E-state index contributed by atoms with van der Waals surface area (Å²) in [5.74, 6) is -0.528. The zero-order chi connectivity index (χ0) is 14.2. The highest BCUT2D eigenvalue weighted by Crippen LogP contribution is 2.27. The monoisotopic (exact) mass is 269 g/mol. The maximum absolute atomic E-state index is 10.5.